The van der Waals surface area contributed by atoms with Crippen molar-refractivity contribution in [2.45, 2.75) is 6.42 Å². The van der Waals surface area contributed by atoms with Crippen molar-refractivity contribution >= 4 is 16.6 Å². The monoisotopic (exact) mass is 259 g/mol. The number of Topliss-reactive ketones (excluding diaryl/α,β-unsaturated/α-hetero) is 1. The fourth-order valence-electron chi connectivity index (χ4n) is 2.18. The Hall–Kier alpha value is -2.07. The van der Waals surface area contributed by atoms with Crippen LogP contribution in [0.15, 0.2) is 30.3 Å². The van der Waals surface area contributed by atoms with Gasteiger partial charge in [-0.15, -0.1) is 0 Å². The number of ketones is 1. The van der Waals surface area contributed by atoms with Gasteiger partial charge < -0.3 is 15.2 Å². The number of nitrogens with two attached hydrogens (primary N) is 1. The van der Waals surface area contributed by atoms with Crippen LogP contribution in [-0.2, 0) is 0 Å². The Kier molecular flexibility index (Phi) is 4.02. The lowest BCUT2D eigenvalue weighted by Gasteiger charge is -2.12. The van der Waals surface area contributed by atoms with E-state index in [1.165, 1.54) is 0 Å². The molecule has 2 N–H and O–H groups in total. The first-order valence-corrected chi connectivity index (χ1v) is 6.10. The summed E-state index contributed by atoms with van der Waals surface area (Å²) in [6.07, 6.45) is 0.311. The van der Waals surface area contributed by atoms with Gasteiger partial charge in [0.15, 0.2) is 5.78 Å². The number of benzene rings is 2. The number of methoxy groups -OCH3 is 2. The molecule has 0 aliphatic heterocycles. The van der Waals surface area contributed by atoms with E-state index in [-0.39, 0.29) is 5.78 Å². The van der Waals surface area contributed by atoms with E-state index >= 15 is 0 Å². The molecule has 4 nitrogen and oxygen atoms in total. The normalized spacial score (nSPS) is 10.5. The quantitative estimate of drug-likeness (QED) is 0.837. The van der Waals surface area contributed by atoms with Crippen molar-refractivity contribution in [1.29, 1.82) is 0 Å². The van der Waals surface area contributed by atoms with Crippen LogP contribution in [0.1, 0.15) is 16.8 Å². The van der Waals surface area contributed by atoms with E-state index < -0.39 is 0 Å². The Labute approximate surface area is 112 Å². The van der Waals surface area contributed by atoms with E-state index in [4.69, 9.17) is 15.2 Å². The Balaban J connectivity index is 2.66. The van der Waals surface area contributed by atoms with E-state index in [9.17, 15) is 4.79 Å². The van der Waals surface area contributed by atoms with Crippen molar-refractivity contribution in [3.8, 4) is 11.5 Å². The summed E-state index contributed by atoms with van der Waals surface area (Å²) in [6.45, 7) is 0.331. The molecule has 4 heteroatoms. The summed E-state index contributed by atoms with van der Waals surface area (Å²) >= 11 is 0. The van der Waals surface area contributed by atoms with Crippen LogP contribution in [0.25, 0.3) is 10.8 Å². The largest absolute Gasteiger partial charge is 0.496 e. The first kappa shape index (κ1) is 13.4. The summed E-state index contributed by atoms with van der Waals surface area (Å²) in [5.41, 5.74) is 6.00. The third-order valence-corrected chi connectivity index (χ3v) is 3.07. The summed E-state index contributed by atoms with van der Waals surface area (Å²) in [4.78, 5) is 12.0. The molecule has 100 valence electrons. The summed E-state index contributed by atoms with van der Waals surface area (Å²) < 4.78 is 10.7. The number of carbonyl (C=O) groups is 1. The lowest BCUT2D eigenvalue weighted by molar-refractivity contribution is 0.0983. The first-order valence-electron chi connectivity index (χ1n) is 6.10. The van der Waals surface area contributed by atoms with Gasteiger partial charge in [-0.1, -0.05) is 12.1 Å². The summed E-state index contributed by atoms with van der Waals surface area (Å²) in [6, 6.07) is 9.31. The van der Waals surface area contributed by atoms with Gasteiger partial charge in [0.25, 0.3) is 0 Å². The number of rotatable bonds is 5. The minimum Gasteiger partial charge on any atom is -0.496 e. The zero-order chi connectivity index (χ0) is 13.8. The number of fused-ring (bicyclic) bond motifs is 1. The molecule has 0 atom stereocenters. The molecule has 2 aromatic carbocycles. The Morgan fingerprint density at radius 1 is 1.11 bits per heavy atom. The molecule has 0 spiro atoms. The van der Waals surface area contributed by atoms with E-state index in [1.807, 2.05) is 24.3 Å². The van der Waals surface area contributed by atoms with Gasteiger partial charge in [-0.2, -0.15) is 0 Å². The molecule has 2 rings (SSSR count). The molecular weight excluding hydrogens is 242 g/mol. The van der Waals surface area contributed by atoms with Gasteiger partial charge >= 0.3 is 0 Å². The lowest BCUT2D eigenvalue weighted by atomic mass is 10.0. The summed E-state index contributed by atoms with van der Waals surface area (Å²) in [5, 5.41) is 1.79. The third kappa shape index (κ3) is 2.39. The minimum atomic E-state index is -0.0101. The highest BCUT2D eigenvalue weighted by Crippen LogP contribution is 2.35. The highest BCUT2D eigenvalue weighted by Gasteiger charge is 2.15. The van der Waals surface area contributed by atoms with Crippen LogP contribution in [0.3, 0.4) is 0 Å². The highest BCUT2D eigenvalue weighted by atomic mass is 16.5. The van der Waals surface area contributed by atoms with E-state index in [1.54, 1.807) is 20.3 Å². The highest BCUT2D eigenvalue weighted by molar-refractivity contribution is 6.06. The zero-order valence-corrected chi connectivity index (χ0v) is 11.1. The predicted molar refractivity (Wildman–Crippen MR) is 75.1 cm³/mol. The summed E-state index contributed by atoms with van der Waals surface area (Å²) in [7, 11) is 3.18. The third-order valence-electron chi connectivity index (χ3n) is 3.07. The second kappa shape index (κ2) is 5.71. The molecule has 0 aliphatic carbocycles. The fraction of sp³-hybridized carbons (Fsp3) is 0.267. The number of hydrogen-bond acceptors (Lipinski definition) is 4. The number of hydrogen-bond donors (Lipinski definition) is 1. The minimum absolute atomic E-state index is 0.0101. The molecule has 0 bridgehead atoms. The molecule has 0 amide bonds. The zero-order valence-electron chi connectivity index (χ0n) is 11.1. The van der Waals surface area contributed by atoms with Crippen LogP contribution in [0, 0.1) is 0 Å². The van der Waals surface area contributed by atoms with Crippen LogP contribution < -0.4 is 15.2 Å². The molecule has 0 fully saturated rings. The standard InChI is InChI=1S/C15H17NO3/c1-18-14-5-3-4-11-10(14)6-7-12(15(11)19-2)13(17)8-9-16/h3-7H,8-9,16H2,1-2H3. The molecule has 0 saturated heterocycles. The van der Waals surface area contributed by atoms with Crippen LogP contribution in [0.5, 0.6) is 11.5 Å². The van der Waals surface area contributed by atoms with Crippen molar-refractivity contribution in [2.24, 2.45) is 5.73 Å². The Morgan fingerprint density at radius 2 is 1.89 bits per heavy atom. The Bertz CT molecular complexity index is 608. The average molecular weight is 259 g/mol. The van der Waals surface area contributed by atoms with Crippen molar-refractivity contribution in [2.75, 3.05) is 20.8 Å². The predicted octanol–water partition coefficient (Wildman–Crippen LogP) is 2.39. The maximum Gasteiger partial charge on any atom is 0.167 e. The number of carbonyl (C=O) groups excluding carboxylic acids is 1. The molecule has 0 aliphatic rings. The molecule has 19 heavy (non-hydrogen) atoms. The average Bonchev–Trinajstić information content (AvgIpc) is 2.45. The molecule has 2 aromatic rings. The van der Waals surface area contributed by atoms with E-state index in [2.05, 4.69) is 0 Å². The van der Waals surface area contributed by atoms with Gasteiger partial charge in [-0.3, -0.25) is 4.79 Å². The van der Waals surface area contributed by atoms with Gasteiger partial charge in [0.05, 0.1) is 19.8 Å². The lowest BCUT2D eigenvalue weighted by Crippen LogP contribution is -2.09. The molecule has 0 unspecified atom stereocenters. The van der Waals surface area contributed by atoms with Gasteiger partial charge in [0, 0.05) is 17.2 Å². The van der Waals surface area contributed by atoms with Crippen LogP contribution in [0.2, 0.25) is 0 Å². The van der Waals surface area contributed by atoms with Gasteiger partial charge in [0.1, 0.15) is 11.5 Å². The smallest absolute Gasteiger partial charge is 0.167 e. The summed E-state index contributed by atoms with van der Waals surface area (Å²) in [5.74, 6) is 1.33. The van der Waals surface area contributed by atoms with Crippen molar-refractivity contribution < 1.29 is 14.3 Å². The van der Waals surface area contributed by atoms with Crippen LogP contribution in [-0.4, -0.2) is 26.5 Å². The van der Waals surface area contributed by atoms with Gasteiger partial charge in [0.2, 0.25) is 0 Å². The second-order valence-corrected chi connectivity index (χ2v) is 4.16. The van der Waals surface area contributed by atoms with Gasteiger partial charge in [-0.05, 0) is 24.7 Å². The van der Waals surface area contributed by atoms with Crippen molar-refractivity contribution in [1.82, 2.24) is 0 Å². The molecule has 0 saturated carbocycles. The SMILES string of the molecule is COc1cccc2c(OC)c(C(=O)CCN)ccc12. The number of ether oxygens (including phenoxy) is 2. The maximum atomic E-state index is 12.0. The Morgan fingerprint density at radius 3 is 2.53 bits per heavy atom. The fourth-order valence-corrected chi connectivity index (χ4v) is 2.18. The molecular formula is C15H17NO3. The van der Waals surface area contributed by atoms with E-state index in [0.717, 1.165) is 16.5 Å². The van der Waals surface area contributed by atoms with Crippen LogP contribution >= 0.6 is 0 Å². The molecule has 0 heterocycles. The topological polar surface area (TPSA) is 61.5 Å². The molecule has 0 aromatic heterocycles. The van der Waals surface area contributed by atoms with Crippen molar-refractivity contribution in [3.05, 3.63) is 35.9 Å². The van der Waals surface area contributed by atoms with Crippen LogP contribution in [0.4, 0.5) is 0 Å². The second-order valence-electron chi connectivity index (χ2n) is 4.16. The molecule has 0 radical (unpaired) electrons. The van der Waals surface area contributed by atoms with E-state index in [0.29, 0.717) is 24.3 Å². The van der Waals surface area contributed by atoms with Gasteiger partial charge in [-0.25, -0.2) is 0 Å². The van der Waals surface area contributed by atoms with Crippen molar-refractivity contribution in [3.63, 3.8) is 0 Å². The first-order chi connectivity index (χ1) is 9.22. The maximum absolute atomic E-state index is 12.0.